The summed E-state index contributed by atoms with van der Waals surface area (Å²) in [7, 11) is 0. The standard InChI is InChI=1S/C6H10BrNO2/c7-3-6(10)8-2-1-5(9)4-8/h5,9H,1-4H2/t5-/m0/s1. The third kappa shape index (κ3) is 1.70. The normalized spacial score (nSPS) is 25.4. The number of rotatable bonds is 1. The van der Waals surface area contributed by atoms with Gasteiger partial charge in [0.25, 0.3) is 0 Å². The summed E-state index contributed by atoms with van der Waals surface area (Å²) < 4.78 is 0. The second kappa shape index (κ2) is 3.34. The van der Waals surface area contributed by atoms with Gasteiger partial charge in [0.05, 0.1) is 11.4 Å². The molecule has 0 aromatic carbocycles. The van der Waals surface area contributed by atoms with Crippen molar-refractivity contribution in [3.63, 3.8) is 0 Å². The Morgan fingerprint density at radius 2 is 2.50 bits per heavy atom. The van der Waals surface area contributed by atoms with Crippen molar-refractivity contribution in [2.24, 2.45) is 0 Å². The lowest BCUT2D eigenvalue weighted by Gasteiger charge is -2.12. The minimum atomic E-state index is -0.303. The Morgan fingerprint density at radius 1 is 1.80 bits per heavy atom. The first kappa shape index (κ1) is 8.01. The number of likely N-dealkylation sites (tertiary alicyclic amines) is 1. The highest BCUT2D eigenvalue weighted by Gasteiger charge is 2.23. The predicted molar refractivity (Wildman–Crippen MR) is 41.0 cm³/mol. The maximum Gasteiger partial charge on any atom is 0.233 e. The molecule has 58 valence electrons. The van der Waals surface area contributed by atoms with E-state index in [2.05, 4.69) is 15.9 Å². The smallest absolute Gasteiger partial charge is 0.233 e. The zero-order valence-corrected chi connectivity index (χ0v) is 7.17. The molecule has 1 N–H and O–H groups in total. The van der Waals surface area contributed by atoms with Crippen molar-refractivity contribution in [2.45, 2.75) is 12.5 Å². The van der Waals surface area contributed by atoms with Crippen LogP contribution in [0.25, 0.3) is 0 Å². The summed E-state index contributed by atoms with van der Waals surface area (Å²) in [5, 5.41) is 9.40. The Labute approximate surface area is 68.1 Å². The van der Waals surface area contributed by atoms with Crippen LogP contribution in [0.15, 0.2) is 0 Å². The maximum atomic E-state index is 10.9. The monoisotopic (exact) mass is 207 g/mol. The molecule has 1 atom stereocenters. The van der Waals surface area contributed by atoms with Gasteiger partial charge >= 0.3 is 0 Å². The summed E-state index contributed by atoms with van der Waals surface area (Å²) in [5.41, 5.74) is 0. The molecule has 3 nitrogen and oxygen atoms in total. The number of halogens is 1. The fraction of sp³-hybridized carbons (Fsp3) is 0.833. The van der Waals surface area contributed by atoms with Gasteiger partial charge in [-0.25, -0.2) is 0 Å². The second-order valence-electron chi connectivity index (χ2n) is 2.42. The molecule has 0 saturated carbocycles. The van der Waals surface area contributed by atoms with Crippen molar-refractivity contribution >= 4 is 21.8 Å². The van der Waals surface area contributed by atoms with Crippen molar-refractivity contribution in [1.82, 2.24) is 4.90 Å². The first-order chi connectivity index (χ1) is 4.74. The Balaban J connectivity index is 2.37. The molecule has 10 heavy (non-hydrogen) atoms. The molecule has 1 aliphatic heterocycles. The molecule has 0 radical (unpaired) electrons. The number of β-amino-alcohol motifs (C(OH)–C–C–N with tert-alkyl or cyclic N) is 1. The lowest BCUT2D eigenvalue weighted by molar-refractivity contribution is -0.127. The van der Waals surface area contributed by atoms with E-state index in [0.29, 0.717) is 18.4 Å². The maximum absolute atomic E-state index is 10.9. The van der Waals surface area contributed by atoms with E-state index in [0.717, 1.165) is 6.42 Å². The first-order valence-corrected chi connectivity index (χ1v) is 4.38. The fourth-order valence-electron chi connectivity index (χ4n) is 1.05. The van der Waals surface area contributed by atoms with Crippen LogP contribution in [0.5, 0.6) is 0 Å². The van der Waals surface area contributed by atoms with Crippen LogP contribution in [0, 0.1) is 0 Å². The van der Waals surface area contributed by atoms with Crippen LogP contribution in [0.3, 0.4) is 0 Å². The Kier molecular flexibility index (Phi) is 2.68. The summed E-state index contributed by atoms with van der Waals surface area (Å²) in [6, 6.07) is 0. The molecule has 0 aromatic rings. The fourth-order valence-corrected chi connectivity index (χ4v) is 1.41. The van der Waals surface area contributed by atoms with Gasteiger partial charge in [0.1, 0.15) is 0 Å². The number of carbonyl (C=O) groups is 1. The van der Waals surface area contributed by atoms with Crippen LogP contribution in [-0.4, -0.2) is 40.4 Å². The molecule has 0 unspecified atom stereocenters. The van der Waals surface area contributed by atoms with E-state index in [1.165, 1.54) is 0 Å². The molecule has 1 fully saturated rings. The van der Waals surface area contributed by atoms with E-state index < -0.39 is 0 Å². The number of carbonyl (C=O) groups excluding carboxylic acids is 1. The van der Waals surface area contributed by atoms with E-state index >= 15 is 0 Å². The van der Waals surface area contributed by atoms with Gasteiger partial charge in [0, 0.05) is 13.1 Å². The summed E-state index contributed by atoms with van der Waals surface area (Å²) in [4.78, 5) is 12.6. The zero-order chi connectivity index (χ0) is 7.56. The van der Waals surface area contributed by atoms with E-state index in [4.69, 9.17) is 5.11 Å². The summed E-state index contributed by atoms with van der Waals surface area (Å²) in [6.07, 6.45) is 0.418. The minimum Gasteiger partial charge on any atom is -0.391 e. The molecule has 1 saturated heterocycles. The third-order valence-electron chi connectivity index (χ3n) is 1.63. The van der Waals surface area contributed by atoms with Gasteiger partial charge in [-0.15, -0.1) is 0 Å². The number of alkyl halides is 1. The number of nitrogens with zero attached hydrogens (tertiary/aromatic N) is 1. The molecule has 4 heteroatoms. The predicted octanol–water partition coefficient (Wildman–Crippen LogP) is -0.0255. The largest absolute Gasteiger partial charge is 0.391 e. The quantitative estimate of drug-likeness (QED) is 0.615. The molecular formula is C6H10BrNO2. The molecule has 1 aliphatic rings. The Hall–Kier alpha value is -0.0900. The lowest BCUT2D eigenvalue weighted by atomic mass is 10.3. The minimum absolute atomic E-state index is 0.0663. The molecule has 1 rings (SSSR count). The van der Waals surface area contributed by atoms with Crippen LogP contribution in [0.4, 0.5) is 0 Å². The van der Waals surface area contributed by atoms with Crippen molar-refractivity contribution in [2.75, 3.05) is 18.4 Å². The van der Waals surface area contributed by atoms with Crippen molar-refractivity contribution < 1.29 is 9.90 Å². The van der Waals surface area contributed by atoms with Crippen LogP contribution in [0.2, 0.25) is 0 Å². The summed E-state index contributed by atoms with van der Waals surface area (Å²) in [5.74, 6) is 0.0663. The van der Waals surface area contributed by atoms with Crippen LogP contribution in [0.1, 0.15) is 6.42 Å². The lowest BCUT2D eigenvalue weighted by Crippen LogP contribution is -2.30. The molecule has 0 aliphatic carbocycles. The number of hydrogen-bond acceptors (Lipinski definition) is 2. The van der Waals surface area contributed by atoms with Crippen molar-refractivity contribution in [3.05, 3.63) is 0 Å². The van der Waals surface area contributed by atoms with Crippen LogP contribution in [-0.2, 0) is 4.79 Å². The Bertz CT molecular complexity index is 140. The van der Waals surface area contributed by atoms with Crippen LogP contribution < -0.4 is 0 Å². The number of aliphatic hydroxyl groups excluding tert-OH is 1. The molecule has 1 amide bonds. The molecule has 0 aromatic heterocycles. The highest BCUT2D eigenvalue weighted by molar-refractivity contribution is 9.09. The van der Waals surface area contributed by atoms with Crippen molar-refractivity contribution in [3.8, 4) is 0 Å². The van der Waals surface area contributed by atoms with Gasteiger partial charge in [0.15, 0.2) is 0 Å². The molecular weight excluding hydrogens is 198 g/mol. The third-order valence-corrected chi connectivity index (χ3v) is 2.11. The van der Waals surface area contributed by atoms with E-state index in [-0.39, 0.29) is 12.0 Å². The number of hydrogen-bond donors (Lipinski definition) is 1. The van der Waals surface area contributed by atoms with E-state index in [1.54, 1.807) is 4.90 Å². The van der Waals surface area contributed by atoms with Gasteiger partial charge in [0.2, 0.25) is 5.91 Å². The number of aliphatic hydroxyl groups is 1. The van der Waals surface area contributed by atoms with Gasteiger partial charge in [-0.3, -0.25) is 4.79 Å². The number of amides is 1. The van der Waals surface area contributed by atoms with Gasteiger partial charge in [-0.1, -0.05) is 15.9 Å². The first-order valence-electron chi connectivity index (χ1n) is 3.26. The highest BCUT2D eigenvalue weighted by Crippen LogP contribution is 2.08. The topological polar surface area (TPSA) is 40.5 Å². The molecule has 0 bridgehead atoms. The zero-order valence-electron chi connectivity index (χ0n) is 5.59. The second-order valence-corrected chi connectivity index (χ2v) is 2.98. The summed E-state index contributed by atoms with van der Waals surface area (Å²) >= 11 is 3.07. The van der Waals surface area contributed by atoms with Crippen LogP contribution >= 0.6 is 15.9 Å². The molecule has 0 spiro atoms. The van der Waals surface area contributed by atoms with Gasteiger partial charge < -0.3 is 10.0 Å². The van der Waals surface area contributed by atoms with E-state index in [1.807, 2.05) is 0 Å². The SMILES string of the molecule is O=C(CBr)N1CC[C@H](O)C1. The highest BCUT2D eigenvalue weighted by atomic mass is 79.9. The molecule has 1 heterocycles. The summed E-state index contributed by atoms with van der Waals surface area (Å²) in [6.45, 7) is 1.20. The Morgan fingerprint density at radius 3 is 2.90 bits per heavy atom. The van der Waals surface area contributed by atoms with Gasteiger partial charge in [-0.2, -0.15) is 0 Å². The van der Waals surface area contributed by atoms with Gasteiger partial charge in [-0.05, 0) is 6.42 Å². The van der Waals surface area contributed by atoms with Crippen molar-refractivity contribution in [1.29, 1.82) is 0 Å². The van der Waals surface area contributed by atoms with E-state index in [9.17, 15) is 4.79 Å². The average molecular weight is 208 g/mol. The average Bonchev–Trinajstić information content (AvgIpc) is 2.34.